The summed E-state index contributed by atoms with van der Waals surface area (Å²) in [7, 11) is -3.58. The van der Waals surface area contributed by atoms with Crippen LogP contribution in [-0.4, -0.2) is 40.3 Å². The summed E-state index contributed by atoms with van der Waals surface area (Å²) in [6.45, 7) is 3.92. The summed E-state index contributed by atoms with van der Waals surface area (Å²) >= 11 is 0. The van der Waals surface area contributed by atoms with Crippen molar-refractivity contribution in [2.75, 3.05) is 18.4 Å². The van der Waals surface area contributed by atoms with Crippen molar-refractivity contribution in [3.63, 3.8) is 0 Å². The number of hydrogen-bond acceptors (Lipinski definition) is 5. The maximum atomic E-state index is 12.8. The summed E-state index contributed by atoms with van der Waals surface area (Å²) in [5.41, 5.74) is 0.585. The highest BCUT2D eigenvalue weighted by Crippen LogP contribution is 2.26. The molecule has 3 rings (SSSR count). The number of nitrogens with one attached hydrogen (secondary N) is 1. The van der Waals surface area contributed by atoms with E-state index < -0.39 is 10.0 Å². The molecule has 0 bridgehead atoms. The number of hydrogen-bond donors (Lipinski definition) is 1. The van der Waals surface area contributed by atoms with Crippen LogP contribution in [0.2, 0.25) is 0 Å². The van der Waals surface area contributed by atoms with Gasteiger partial charge in [0.1, 0.15) is 10.7 Å². The van der Waals surface area contributed by atoms with Gasteiger partial charge in [-0.1, -0.05) is 0 Å². The lowest BCUT2D eigenvalue weighted by molar-refractivity contribution is 0.335. The van der Waals surface area contributed by atoms with E-state index in [2.05, 4.69) is 15.3 Å². The molecule has 0 aliphatic carbocycles. The van der Waals surface area contributed by atoms with Crippen LogP contribution in [0.3, 0.4) is 0 Å². The van der Waals surface area contributed by atoms with Crippen molar-refractivity contribution in [2.24, 2.45) is 0 Å². The van der Waals surface area contributed by atoms with E-state index in [0.717, 1.165) is 5.82 Å². The van der Waals surface area contributed by atoms with Gasteiger partial charge in [-0.3, -0.25) is 4.98 Å². The van der Waals surface area contributed by atoms with Gasteiger partial charge >= 0.3 is 0 Å². The van der Waals surface area contributed by atoms with Crippen molar-refractivity contribution in [1.82, 2.24) is 18.8 Å². The molecular formula is C13H17N5O2S. The van der Waals surface area contributed by atoms with Crippen LogP contribution in [0.15, 0.2) is 35.7 Å². The fourth-order valence-corrected chi connectivity index (χ4v) is 3.92. The molecule has 7 nitrogen and oxygen atoms in total. The smallest absolute Gasteiger partial charge is 0.247 e. The second kappa shape index (κ2) is 5.45. The first kappa shape index (κ1) is 14.0. The van der Waals surface area contributed by atoms with Crippen molar-refractivity contribution >= 4 is 15.7 Å². The Morgan fingerprint density at radius 1 is 1.33 bits per heavy atom. The summed E-state index contributed by atoms with van der Waals surface area (Å²) in [6, 6.07) is 1.68. The third-order valence-electron chi connectivity index (χ3n) is 3.48. The summed E-state index contributed by atoms with van der Waals surface area (Å²) in [4.78, 5) is 8.37. The van der Waals surface area contributed by atoms with E-state index in [9.17, 15) is 8.42 Å². The van der Waals surface area contributed by atoms with Crippen LogP contribution in [0.4, 0.5) is 5.69 Å². The zero-order valence-corrected chi connectivity index (χ0v) is 12.5. The number of fused-ring (bicyclic) bond motifs is 1. The topological polar surface area (TPSA) is 80.1 Å². The molecule has 21 heavy (non-hydrogen) atoms. The molecule has 0 spiro atoms. The highest BCUT2D eigenvalue weighted by atomic mass is 32.2. The third-order valence-corrected chi connectivity index (χ3v) is 5.35. The van der Waals surface area contributed by atoms with Gasteiger partial charge in [0.15, 0.2) is 0 Å². The fourth-order valence-electron chi connectivity index (χ4n) is 2.42. The van der Waals surface area contributed by atoms with Crippen LogP contribution < -0.4 is 5.32 Å². The van der Waals surface area contributed by atoms with Gasteiger partial charge in [-0.25, -0.2) is 13.4 Å². The predicted octanol–water partition coefficient (Wildman–Crippen LogP) is 0.914. The van der Waals surface area contributed by atoms with Crippen molar-refractivity contribution in [3.05, 3.63) is 36.7 Å². The SMILES string of the molecule is CCNc1ccncc1S(=O)(=O)N1CCn2ccnc2C1. The average molecular weight is 307 g/mol. The molecular weight excluding hydrogens is 290 g/mol. The van der Waals surface area contributed by atoms with Gasteiger partial charge in [-0.05, 0) is 13.0 Å². The molecule has 0 aromatic carbocycles. The van der Waals surface area contributed by atoms with Crippen LogP contribution in [0.25, 0.3) is 0 Å². The Morgan fingerprint density at radius 3 is 3.00 bits per heavy atom. The van der Waals surface area contributed by atoms with Crippen LogP contribution >= 0.6 is 0 Å². The molecule has 0 saturated heterocycles. The summed E-state index contributed by atoms with van der Waals surface area (Å²) in [5, 5.41) is 3.07. The molecule has 2 aromatic heterocycles. The Hall–Kier alpha value is -1.93. The molecule has 2 aromatic rings. The largest absolute Gasteiger partial charge is 0.384 e. The first-order chi connectivity index (χ1) is 10.1. The molecule has 0 saturated carbocycles. The van der Waals surface area contributed by atoms with Crippen molar-refractivity contribution < 1.29 is 8.42 Å². The Morgan fingerprint density at radius 2 is 2.19 bits per heavy atom. The quantitative estimate of drug-likeness (QED) is 0.908. The van der Waals surface area contributed by atoms with Gasteiger partial charge in [-0.15, -0.1) is 0 Å². The van der Waals surface area contributed by atoms with Crippen LogP contribution in [0, 0.1) is 0 Å². The van der Waals surface area contributed by atoms with Gasteiger partial charge in [0.05, 0.1) is 12.2 Å². The van der Waals surface area contributed by atoms with Crippen molar-refractivity contribution in [2.45, 2.75) is 24.9 Å². The third kappa shape index (κ3) is 2.52. The number of sulfonamides is 1. The van der Waals surface area contributed by atoms with Gasteiger partial charge in [-0.2, -0.15) is 4.31 Å². The molecule has 3 heterocycles. The van der Waals surface area contributed by atoms with E-state index in [1.807, 2.05) is 17.7 Å². The second-order valence-corrected chi connectivity index (χ2v) is 6.68. The predicted molar refractivity (Wildman–Crippen MR) is 78.2 cm³/mol. The zero-order chi connectivity index (χ0) is 14.9. The minimum absolute atomic E-state index is 0.215. The minimum atomic E-state index is -3.58. The Balaban J connectivity index is 1.95. The first-order valence-corrected chi connectivity index (χ1v) is 8.25. The summed E-state index contributed by atoms with van der Waals surface area (Å²) < 4.78 is 29.1. The van der Waals surface area contributed by atoms with E-state index in [1.54, 1.807) is 18.5 Å². The average Bonchev–Trinajstić information content (AvgIpc) is 2.95. The van der Waals surface area contributed by atoms with Gasteiger partial charge in [0.2, 0.25) is 10.0 Å². The summed E-state index contributed by atoms with van der Waals surface area (Å²) in [5.74, 6) is 0.763. The Kier molecular flexibility index (Phi) is 3.64. The Labute approximate surface area is 123 Å². The highest BCUT2D eigenvalue weighted by Gasteiger charge is 2.30. The normalized spacial score (nSPS) is 15.7. The summed E-state index contributed by atoms with van der Waals surface area (Å²) in [6.07, 6.45) is 6.54. The van der Waals surface area contributed by atoms with Gasteiger partial charge in [0.25, 0.3) is 0 Å². The van der Waals surface area contributed by atoms with Crippen molar-refractivity contribution in [3.8, 4) is 0 Å². The van der Waals surface area contributed by atoms with E-state index in [0.29, 0.717) is 25.3 Å². The lowest BCUT2D eigenvalue weighted by Crippen LogP contribution is -2.38. The number of imidazole rings is 1. The molecule has 8 heteroatoms. The second-order valence-electron chi connectivity index (χ2n) is 4.78. The van der Waals surface area contributed by atoms with E-state index in [1.165, 1.54) is 10.5 Å². The van der Waals surface area contributed by atoms with Gasteiger partial charge < -0.3 is 9.88 Å². The lowest BCUT2D eigenvalue weighted by atomic mass is 10.4. The molecule has 1 N–H and O–H groups in total. The van der Waals surface area contributed by atoms with E-state index >= 15 is 0 Å². The standard InChI is InChI=1S/C13H17N5O2S/c1-2-15-11-3-4-14-9-12(11)21(19,20)18-8-7-17-6-5-16-13(17)10-18/h3-6,9H,2,7-8,10H2,1H3,(H,14,15). The molecule has 112 valence electrons. The number of aromatic nitrogens is 3. The van der Waals surface area contributed by atoms with Crippen LogP contribution in [0.5, 0.6) is 0 Å². The van der Waals surface area contributed by atoms with Gasteiger partial charge in [0, 0.05) is 44.4 Å². The molecule has 1 aliphatic heterocycles. The zero-order valence-electron chi connectivity index (χ0n) is 11.7. The molecule has 0 radical (unpaired) electrons. The lowest BCUT2D eigenvalue weighted by Gasteiger charge is -2.27. The molecule has 1 aliphatic rings. The molecule has 0 atom stereocenters. The van der Waals surface area contributed by atoms with E-state index in [-0.39, 0.29) is 11.4 Å². The fraction of sp³-hybridized carbons (Fsp3) is 0.385. The minimum Gasteiger partial charge on any atom is -0.384 e. The molecule has 0 fully saturated rings. The number of rotatable bonds is 4. The number of nitrogens with zero attached hydrogens (tertiary/aromatic N) is 4. The van der Waals surface area contributed by atoms with E-state index in [4.69, 9.17) is 0 Å². The van der Waals surface area contributed by atoms with Crippen LogP contribution in [-0.2, 0) is 23.1 Å². The maximum absolute atomic E-state index is 12.8. The van der Waals surface area contributed by atoms with Crippen molar-refractivity contribution in [1.29, 1.82) is 0 Å². The first-order valence-electron chi connectivity index (χ1n) is 6.81. The maximum Gasteiger partial charge on any atom is 0.247 e. The monoisotopic (exact) mass is 307 g/mol. The number of anilines is 1. The molecule has 0 unspecified atom stereocenters. The highest BCUT2D eigenvalue weighted by molar-refractivity contribution is 7.89. The molecule has 0 amide bonds. The number of pyridine rings is 1. The van der Waals surface area contributed by atoms with Crippen LogP contribution in [0.1, 0.15) is 12.7 Å². The Bertz CT molecular complexity index is 741.